The smallest absolute Gasteiger partial charge is 0.255 e. The Balaban J connectivity index is 1.65. The van der Waals surface area contributed by atoms with Gasteiger partial charge in [0, 0.05) is 11.3 Å². The summed E-state index contributed by atoms with van der Waals surface area (Å²) in [6, 6.07) is 24.0. The van der Waals surface area contributed by atoms with Crippen LogP contribution in [0, 0.1) is 6.92 Å². The monoisotopic (exact) mass is 302 g/mol. The molecule has 1 N–H and O–H groups in total. The molecule has 0 spiro atoms. The molecule has 0 aliphatic heterocycles. The molecular weight excluding hydrogens is 286 g/mol. The van der Waals surface area contributed by atoms with E-state index in [0.717, 1.165) is 17.1 Å². The molecule has 0 unspecified atom stereocenters. The molecule has 3 rings (SSSR count). The second-order valence-electron chi connectivity index (χ2n) is 5.09. The number of hydrogen-bond acceptors (Lipinski definition) is 2. The van der Waals surface area contributed by atoms with Gasteiger partial charge in [-0.2, -0.15) is 0 Å². The van der Waals surface area contributed by atoms with Gasteiger partial charge in [-0.15, -0.1) is 0 Å². The summed E-state index contributed by atoms with van der Waals surface area (Å²) in [6.07, 6.45) is 0. The zero-order chi connectivity index (χ0) is 16.1. The van der Waals surface area contributed by atoms with E-state index < -0.39 is 0 Å². The van der Waals surface area contributed by atoms with Crippen molar-refractivity contribution in [3.05, 3.63) is 96.9 Å². The molecule has 0 aliphatic rings. The van der Waals surface area contributed by atoms with Crippen molar-refractivity contribution in [1.82, 2.24) is 0 Å². The van der Waals surface area contributed by atoms with E-state index in [1.165, 1.54) is 0 Å². The number of amides is 1. The van der Waals surface area contributed by atoms with E-state index in [1.54, 1.807) is 12.1 Å². The standard InChI is InChI=1S/C20H16NO2/c1-15-7-9-16(10-8-15)20(22)21-17-11-13-19(14-12-17)23-18-5-3-2-4-6-18/h2-14H,1H2,(H,21,22). The number of carbonyl (C=O) groups excluding carboxylic acids is 1. The summed E-state index contributed by atoms with van der Waals surface area (Å²) in [6.45, 7) is 3.80. The van der Waals surface area contributed by atoms with Crippen LogP contribution in [0.25, 0.3) is 0 Å². The Bertz CT molecular complexity index is 778. The van der Waals surface area contributed by atoms with Gasteiger partial charge in [0.2, 0.25) is 0 Å². The zero-order valence-corrected chi connectivity index (χ0v) is 12.5. The third-order valence-electron chi connectivity index (χ3n) is 3.31. The van der Waals surface area contributed by atoms with Crippen molar-refractivity contribution < 1.29 is 9.53 Å². The highest BCUT2D eigenvalue weighted by atomic mass is 16.5. The average Bonchev–Trinajstić information content (AvgIpc) is 2.58. The van der Waals surface area contributed by atoms with Gasteiger partial charge in [0.15, 0.2) is 0 Å². The topological polar surface area (TPSA) is 38.3 Å². The number of ether oxygens (including phenoxy) is 1. The first-order valence-corrected chi connectivity index (χ1v) is 7.27. The second kappa shape index (κ2) is 6.79. The minimum atomic E-state index is -0.151. The third-order valence-corrected chi connectivity index (χ3v) is 3.31. The van der Waals surface area contributed by atoms with Crippen molar-refractivity contribution in [2.75, 3.05) is 5.32 Å². The number of para-hydroxylation sites is 1. The summed E-state index contributed by atoms with van der Waals surface area (Å²) in [7, 11) is 0. The largest absolute Gasteiger partial charge is 0.457 e. The summed E-state index contributed by atoms with van der Waals surface area (Å²) in [5, 5.41) is 2.85. The van der Waals surface area contributed by atoms with E-state index in [0.29, 0.717) is 11.3 Å². The van der Waals surface area contributed by atoms with E-state index in [1.807, 2.05) is 66.7 Å². The molecule has 3 aromatic rings. The maximum atomic E-state index is 12.1. The van der Waals surface area contributed by atoms with Gasteiger partial charge in [-0.3, -0.25) is 4.79 Å². The lowest BCUT2D eigenvalue weighted by atomic mass is 10.1. The van der Waals surface area contributed by atoms with Gasteiger partial charge in [0.05, 0.1) is 0 Å². The number of rotatable bonds is 4. The van der Waals surface area contributed by atoms with Gasteiger partial charge >= 0.3 is 0 Å². The summed E-state index contributed by atoms with van der Waals surface area (Å²) < 4.78 is 5.72. The first kappa shape index (κ1) is 14.9. The Morgan fingerprint density at radius 2 is 1.39 bits per heavy atom. The minimum Gasteiger partial charge on any atom is -0.457 e. The summed E-state index contributed by atoms with van der Waals surface area (Å²) in [4.78, 5) is 12.1. The normalized spacial score (nSPS) is 10.1. The van der Waals surface area contributed by atoms with Crippen LogP contribution in [0.4, 0.5) is 5.69 Å². The summed E-state index contributed by atoms with van der Waals surface area (Å²) in [5.74, 6) is 1.34. The molecule has 1 radical (unpaired) electrons. The van der Waals surface area contributed by atoms with E-state index in [2.05, 4.69) is 12.2 Å². The predicted molar refractivity (Wildman–Crippen MR) is 91.8 cm³/mol. The zero-order valence-electron chi connectivity index (χ0n) is 12.5. The van der Waals surface area contributed by atoms with Gasteiger partial charge < -0.3 is 10.1 Å². The van der Waals surface area contributed by atoms with Gasteiger partial charge in [-0.25, -0.2) is 0 Å². The second-order valence-corrected chi connectivity index (χ2v) is 5.09. The van der Waals surface area contributed by atoms with E-state index in [9.17, 15) is 4.79 Å². The van der Waals surface area contributed by atoms with Crippen LogP contribution in [0.2, 0.25) is 0 Å². The Labute approximate surface area is 135 Å². The molecule has 0 heterocycles. The fourth-order valence-corrected chi connectivity index (χ4v) is 2.09. The third kappa shape index (κ3) is 3.98. The number of benzene rings is 3. The maximum absolute atomic E-state index is 12.1. The summed E-state index contributed by atoms with van der Waals surface area (Å²) in [5.41, 5.74) is 2.19. The van der Waals surface area contributed by atoms with Gasteiger partial charge in [-0.1, -0.05) is 30.3 Å². The molecule has 3 nitrogen and oxygen atoms in total. The maximum Gasteiger partial charge on any atom is 0.255 e. The highest BCUT2D eigenvalue weighted by Crippen LogP contribution is 2.22. The number of nitrogens with one attached hydrogen (secondary N) is 1. The summed E-state index contributed by atoms with van der Waals surface area (Å²) >= 11 is 0. The Morgan fingerprint density at radius 3 is 2.04 bits per heavy atom. The molecule has 3 aromatic carbocycles. The molecule has 3 heteroatoms. The van der Waals surface area contributed by atoms with Gasteiger partial charge in [0.25, 0.3) is 5.91 Å². The predicted octanol–water partition coefficient (Wildman–Crippen LogP) is 4.91. The van der Waals surface area contributed by atoms with Crippen molar-refractivity contribution in [1.29, 1.82) is 0 Å². The van der Waals surface area contributed by atoms with Gasteiger partial charge in [0.1, 0.15) is 11.5 Å². The molecule has 0 bridgehead atoms. The fourth-order valence-electron chi connectivity index (χ4n) is 2.09. The van der Waals surface area contributed by atoms with Crippen molar-refractivity contribution in [2.45, 2.75) is 0 Å². The van der Waals surface area contributed by atoms with Crippen LogP contribution in [0.3, 0.4) is 0 Å². The lowest BCUT2D eigenvalue weighted by Gasteiger charge is -2.08. The van der Waals surface area contributed by atoms with Crippen molar-refractivity contribution in [3.8, 4) is 11.5 Å². The van der Waals surface area contributed by atoms with Crippen molar-refractivity contribution in [2.24, 2.45) is 0 Å². The minimum absolute atomic E-state index is 0.151. The van der Waals surface area contributed by atoms with Crippen LogP contribution in [0.15, 0.2) is 78.9 Å². The van der Waals surface area contributed by atoms with Crippen LogP contribution in [0.5, 0.6) is 11.5 Å². The lowest BCUT2D eigenvalue weighted by molar-refractivity contribution is 0.102. The van der Waals surface area contributed by atoms with Crippen LogP contribution >= 0.6 is 0 Å². The van der Waals surface area contributed by atoms with Crippen molar-refractivity contribution in [3.63, 3.8) is 0 Å². The molecule has 1 amide bonds. The first-order valence-electron chi connectivity index (χ1n) is 7.27. The number of hydrogen-bond donors (Lipinski definition) is 1. The molecule has 0 saturated carbocycles. The average molecular weight is 302 g/mol. The van der Waals surface area contributed by atoms with E-state index in [4.69, 9.17) is 4.74 Å². The SMILES string of the molecule is [CH2]c1ccc(C(=O)Nc2ccc(Oc3ccccc3)cc2)cc1. The van der Waals surface area contributed by atoms with Crippen LogP contribution in [0.1, 0.15) is 15.9 Å². The highest BCUT2D eigenvalue weighted by Gasteiger charge is 2.05. The van der Waals surface area contributed by atoms with Crippen LogP contribution in [-0.2, 0) is 0 Å². The first-order chi connectivity index (χ1) is 11.2. The van der Waals surface area contributed by atoms with E-state index in [-0.39, 0.29) is 5.91 Å². The molecule has 23 heavy (non-hydrogen) atoms. The number of carbonyl (C=O) groups is 1. The number of anilines is 1. The Morgan fingerprint density at radius 1 is 0.783 bits per heavy atom. The Hall–Kier alpha value is -3.07. The molecule has 0 aliphatic carbocycles. The highest BCUT2D eigenvalue weighted by molar-refractivity contribution is 6.04. The fraction of sp³-hybridized carbons (Fsp3) is 0. The van der Waals surface area contributed by atoms with Crippen molar-refractivity contribution >= 4 is 11.6 Å². The quantitative estimate of drug-likeness (QED) is 0.743. The molecule has 0 aromatic heterocycles. The Kier molecular flexibility index (Phi) is 4.39. The van der Waals surface area contributed by atoms with Crippen LogP contribution in [-0.4, -0.2) is 5.91 Å². The molecule has 0 saturated heterocycles. The molecule has 113 valence electrons. The molecule has 0 atom stereocenters. The van der Waals surface area contributed by atoms with E-state index >= 15 is 0 Å². The van der Waals surface area contributed by atoms with Crippen LogP contribution < -0.4 is 10.1 Å². The lowest BCUT2D eigenvalue weighted by Crippen LogP contribution is -2.11. The molecule has 0 fully saturated rings. The van der Waals surface area contributed by atoms with Gasteiger partial charge in [-0.05, 0) is 61.0 Å². The molecular formula is C20H16NO2.